The van der Waals surface area contributed by atoms with Crippen molar-refractivity contribution in [2.24, 2.45) is 0 Å². The Balaban J connectivity index is 1.32. The van der Waals surface area contributed by atoms with Gasteiger partial charge in [0.05, 0.1) is 42.3 Å². The number of rotatable bonds is 8. The number of nitrogens with one attached hydrogen (secondary N) is 2. The van der Waals surface area contributed by atoms with Gasteiger partial charge in [-0.15, -0.1) is 0 Å². The van der Waals surface area contributed by atoms with E-state index in [1.807, 2.05) is 97.1 Å². The highest BCUT2D eigenvalue weighted by Gasteiger charge is 2.14. The molecule has 0 aliphatic carbocycles. The van der Waals surface area contributed by atoms with Crippen LogP contribution in [0, 0.1) is 0 Å². The summed E-state index contributed by atoms with van der Waals surface area (Å²) in [5.74, 6) is -0.274. The number of hydrogen-bond acceptors (Lipinski definition) is 2. The second kappa shape index (κ2) is 11.2. The Morgan fingerprint density at radius 1 is 0.487 bits per heavy atom. The van der Waals surface area contributed by atoms with E-state index in [2.05, 4.69) is 52.9 Å². The fraction of sp³-hybridized carbons (Fsp3) is 0.212. The fourth-order valence-electron chi connectivity index (χ4n) is 4.17. The lowest BCUT2D eigenvalue weighted by Crippen LogP contribution is -2.34. The lowest BCUT2D eigenvalue weighted by Gasteiger charge is -2.23. The molecule has 0 atom stereocenters. The highest BCUT2D eigenvalue weighted by Crippen LogP contribution is 2.22. The van der Waals surface area contributed by atoms with Gasteiger partial charge in [0.25, 0.3) is 11.8 Å². The van der Waals surface area contributed by atoms with Crippen molar-refractivity contribution in [3.8, 4) is 0 Å². The third kappa shape index (κ3) is 7.41. The van der Waals surface area contributed by atoms with E-state index in [4.69, 9.17) is 0 Å². The number of benzene rings is 4. The Kier molecular flexibility index (Phi) is 8.00. The van der Waals surface area contributed by atoms with Gasteiger partial charge in [-0.25, -0.2) is 0 Å². The Morgan fingerprint density at radius 2 is 0.795 bits per heavy atom. The molecule has 2 amide bonds. The van der Waals surface area contributed by atoms with Crippen LogP contribution in [0.25, 0.3) is 0 Å². The Hall–Kier alpha value is -4.26. The molecule has 4 aromatic rings. The average Bonchev–Trinajstić information content (AvgIpc) is 2.89. The van der Waals surface area contributed by atoms with Gasteiger partial charge in [-0.3, -0.25) is 18.6 Å². The van der Waals surface area contributed by atoms with E-state index in [0.717, 1.165) is 42.8 Å². The first-order valence-corrected chi connectivity index (χ1v) is 13.0. The molecule has 2 N–H and O–H groups in total. The van der Waals surface area contributed by atoms with Crippen molar-refractivity contribution in [2.75, 3.05) is 52.9 Å². The van der Waals surface area contributed by atoms with Crippen molar-refractivity contribution in [3.05, 3.63) is 119 Å². The summed E-state index contributed by atoms with van der Waals surface area (Å²) >= 11 is 0. The Morgan fingerprint density at radius 3 is 1.08 bits per heavy atom. The van der Waals surface area contributed by atoms with Crippen LogP contribution in [0.1, 0.15) is 31.8 Å². The summed E-state index contributed by atoms with van der Waals surface area (Å²) in [6.45, 7) is 0. The van der Waals surface area contributed by atoms with Gasteiger partial charge < -0.3 is 10.6 Å². The van der Waals surface area contributed by atoms with Gasteiger partial charge in [0.1, 0.15) is 11.4 Å². The van der Waals surface area contributed by atoms with Crippen molar-refractivity contribution in [2.45, 2.75) is 6.42 Å². The Bertz CT molecular complexity index is 1310. The molecule has 6 nitrogen and oxygen atoms in total. The van der Waals surface area contributed by atoms with Crippen LogP contribution in [0.4, 0.5) is 22.7 Å². The first-order valence-electron chi connectivity index (χ1n) is 13.0. The molecule has 39 heavy (non-hydrogen) atoms. The van der Waals surface area contributed by atoms with Crippen molar-refractivity contribution in [3.63, 3.8) is 0 Å². The van der Waals surface area contributed by atoms with Crippen molar-refractivity contribution in [1.82, 2.24) is 8.97 Å². The lowest BCUT2D eigenvalue weighted by molar-refractivity contribution is 0.101. The molecule has 0 aliphatic heterocycles. The van der Waals surface area contributed by atoms with Crippen molar-refractivity contribution in [1.29, 1.82) is 0 Å². The number of quaternary nitrogens is 2. The molecule has 6 heteroatoms. The zero-order valence-corrected chi connectivity index (χ0v) is 23.7. The number of anilines is 2. The molecule has 4 aromatic carbocycles. The van der Waals surface area contributed by atoms with Crippen LogP contribution in [0.5, 0.6) is 0 Å². The molecule has 0 saturated heterocycles. The molecule has 0 fully saturated rings. The van der Waals surface area contributed by atoms with Crippen LogP contribution in [0.15, 0.2) is 97.1 Å². The summed E-state index contributed by atoms with van der Waals surface area (Å²) in [6.07, 6.45) is 0.711. The van der Waals surface area contributed by atoms with Gasteiger partial charge in [-0.1, -0.05) is 24.3 Å². The number of nitrogens with zero attached hydrogens (tertiary/aromatic N) is 2. The second-order valence-electron chi connectivity index (χ2n) is 11.6. The highest BCUT2D eigenvalue weighted by atomic mass is 16.2. The van der Waals surface area contributed by atoms with Crippen molar-refractivity contribution >= 4 is 34.6 Å². The zero-order chi connectivity index (χ0) is 28.2. The molecule has 4 rings (SSSR count). The van der Waals surface area contributed by atoms with Crippen LogP contribution in [-0.2, 0) is 6.42 Å². The summed E-state index contributed by atoms with van der Waals surface area (Å²) < 4.78 is 1.44. The molecule has 0 spiro atoms. The van der Waals surface area contributed by atoms with E-state index in [-0.39, 0.29) is 11.8 Å². The molecule has 0 unspecified atom stereocenters. The molecule has 0 heterocycles. The maximum atomic E-state index is 12.7. The summed E-state index contributed by atoms with van der Waals surface area (Å²) in [5.41, 5.74) is 7.26. The highest BCUT2D eigenvalue weighted by molar-refractivity contribution is 6.05. The standard InChI is InChI=1S/C33H36N4O2/c1-36(2,3)30-19-15-28(16-20-30)34-32(38)26-11-7-24(8-12-26)23-25-9-13-27(14-10-25)33(39)35-29-17-21-31(22-18-29)37(4,5)6/h7-22H,23H2,1-6H3/p+2. The number of amides is 2. The molecule has 0 aromatic heterocycles. The van der Waals surface area contributed by atoms with Gasteiger partial charge in [0, 0.05) is 46.8 Å². The molecule has 0 saturated carbocycles. The van der Waals surface area contributed by atoms with Crippen LogP contribution >= 0.6 is 0 Å². The van der Waals surface area contributed by atoms with Gasteiger partial charge in [-0.2, -0.15) is 0 Å². The van der Waals surface area contributed by atoms with E-state index in [0.29, 0.717) is 17.5 Å². The van der Waals surface area contributed by atoms with Crippen molar-refractivity contribution < 1.29 is 9.59 Å². The lowest BCUT2D eigenvalue weighted by atomic mass is 10.0. The smallest absolute Gasteiger partial charge is 0.255 e. The maximum absolute atomic E-state index is 12.7. The summed E-state index contributed by atoms with van der Waals surface area (Å²) in [6, 6.07) is 31.1. The van der Waals surface area contributed by atoms with E-state index >= 15 is 0 Å². The van der Waals surface area contributed by atoms with Crippen LogP contribution in [0.2, 0.25) is 0 Å². The first-order chi connectivity index (χ1) is 18.4. The fourth-order valence-corrected chi connectivity index (χ4v) is 4.17. The summed E-state index contributed by atoms with van der Waals surface area (Å²) in [5, 5.41) is 5.93. The molecule has 0 bridgehead atoms. The zero-order valence-electron chi connectivity index (χ0n) is 23.7. The molecule has 0 aliphatic rings. The minimum Gasteiger partial charge on any atom is -0.322 e. The predicted molar refractivity (Wildman–Crippen MR) is 164 cm³/mol. The topological polar surface area (TPSA) is 58.2 Å². The van der Waals surface area contributed by atoms with E-state index in [9.17, 15) is 9.59 Å². The minimum atomic E-state index is -0.137. The average molecular weight is 523 g/mol. The summed E-state index contributed by atoms with van der Waals surface area (Å²) in [7, 11) is 12.6. The molecular weight excluding hydrogens is 484 g/mol. The second-order valence-corrected chi connectivity index (χ2v) is 11.6. The normalized spacial score (nSPS) is 11.6. The van der Waals surface area contributed by atoms with Gasteiger partial charge in [-0.05, 0) is 66.1 Å². The van der Waals surface area contributed by atoms with Crippen LogP contribution < -0.4 is 19.6 Å². The monoisotopic (exact) mass is 522 g/mol. The first kappa shape index (κ1) is 27.8. The van der Waals surface area contributed by atoms with Gasteiger partial charge in [0.15, 0.2) is 0 Å². The number of carbonyl (C=O) groups excluding carboxylic acids is 2. The molecule has 0 radical (unpaired) electrons. The van der Waals surface area contributed by atoms with Gasteiger partial charge in [0.2, 0.25) is 0 Å². The van der Waals surface area contributed by atoms with E-state index in [1.54, 1.807) is 0 Å². The number of hydrogen-bond donors (Lipinski definition) is 2. The third-order valence-corrected chi connectivity index (χ3v) is 6.64. The molecule has 200 valence electrons. The largest absolute Gasteiger partial charge is 0.322 e. The summed E-state index contributed by atoms with van der Waals surface area (Å²) in [4.78, 5) is 25.4. The quantitative estimate of drug-likeness (QED) is 0.272. The third-order valence-electron chi connectivity index (χ3n) is 6.64. The number of carbonyl (C=O) groups is 2. The van der Waals surface area contributed by atoms with E-state index in [1.165, 1.54) is 0 Å². The van der Waals surface area contributed by atoms with Gasteiger partial charge >= 0.3 is 0 Å². The van der Waals surface area contributed by atoms with E-state index < -0.39 is 0 Å². The SMILES string of the molecule is C[N+](C)(C)c1ccc(NC(=O)c2ccc(Cc3ccc(C(=O)Nc4ccc([N+](C)(C)C)cc4)cc3)cc2)cc1. The van der Waals surface area contributed by atoms with Crippen LogP contribution in [-0.4, -0.2) is 54.1 Å². The minimum absolute atomic E-state index is 0.137. The maximum Gasteiger partial charge on any atom is 0.255 e. The van der Waals surface area contributed by atoms with Crippen LogP contribution in [0.3, 0.4) is 0 Å². The molecular formula is C33H38N4O2+2. The predicted octanol–water partition coefficient (Wildman–Crippen LogP) is 6.18. The Labute approximate surface area is 231 Å².